The van der Waals surface area contributed by atoms with Gasteiger partial charge in [-0.1, -0.05) is 0 Å². The Morgan fingerprint density at radius 3 is 2.83 bits per heavy atom. The first kappa shape index (κ1) is 9.06. The molecule has 0 fully saturated rings. The Morgan fingerprint density at radius 2 is 2.42 bits per heavy atom. The van der Waals surface area contributed by atoms with Crippen LogP contribution in [-0.4, -0.2) is 23.0 Å². The van der Waals surface area contributed by atoms with E-state index in [2.05, 4.69) is 5.10 Å². The minimum absolute atomic E-state index is 0.169. The third-order valence-corrected chi connectivity index (χ3v) is 1.97. The Bertz CT molecular complexity index is 257. The van der Waals surface area contributed by atoms with Crippen molar-refractivity contribution in [1.29, 1.82) is 0 Å². The van der Waals surface area contributed by atoms with Gasteiger partial charge in [-0.05, 0) is 13.8 Å². The van der Waals surface area contributed by atoms with Crippen LogP contribution in [0.1, 0.15) is 12.6 Å². The largest absolute Gasteiger partial charge is 0.396 e. The minimum atomic E-state index is 0.169. The molecule has 68 valence electrons. The highest BCUT2D eigenvalue weighted by Crippen LogP contribution is 2.09. The Hall–Kier alpha value is -1.03. The quantitative estimate of drug-likeness (QED) is 0.728. The molecule has 0 unspecified atom stereocenters. The second-order valence-corrected chi connectivity index (χ2v) is 2.91. The van der Waals surface area contributed by atoms with Crippen LogP contribution in [0.5, 0.6) is 0 Å². The third kappa shape index (κ3) is 1.76. The summed E-state index contributed by atoms with van der Waals surface area (Å²) >= 11 is 0. The second-order valence-electron chi connectivity index (χ2n) is 2.91. The Balaban J connectivity index is 2.69. The summed E-state index contributed by atoms with van der Waals surface area (Å²) in [7, 11) is 1.69. The van der Waals surface area contributed by atoms with Gasteiger partial charge in [0, 0.05) is 7.11 Å². The van der Waals surface area contributed by atoms with Crippen LogP contribution in [0.4, 0.5) is 5.69 Å². The summed E-state index contributed by atoms with van der Waals surface area (Å²) in [5, 5.41) is 4.11. The van der Waals surface area contributed by atoms with E-state index in [4.69, 9.17) is 10.5 Å². The maximum atomic E-state index is 5.63. The summed E-state index contributed by atoms with van der Waals surface area (Å²) in [4.78, 5) is 0. The molecule has 0 bridgehead atoms. The maximum Gasteiger partial charge on any atom is 0.0739 e. The molecule has 0 amide bonds. The Morgan fingerprint density at radius 1 is 1.75 bits per heavy atom. The van der Waals surface area contributed by atoms with Gasteiger partial charge in [0.25, 0.3) is 0 Å². The predicted molar refractivity (Wildman–Crippen MR) is 47.8 cm³/mol. The fourth-order valence-electron chi connectivity index (χ4n) is 0.963. The SMILES string of the molecule is CO[C@@H](C)Cn1ncc(N)c1C. The van der Waals surface area contributed by atoms with E-state index in [1.54, 1.807) is 13.3 Å². The number of nitrogens with two attached hydrogens (primary N) is 1. The van der Waals surface area contributed by atoms with Crippen molar-refractivity contribution >= 4 is 5.69 Å². The van der Waals surface area contributed by atoms with Crippen LogP contribution in [0.15, 0.2) is 6.20 Å². The third-order valence-electron chi connectivity index (χ3n) is 1.97. The van der Waals surface area contributed by atoms with E-state index in [1.807, 2.05) is 18.5 Å². The fourth-order valence-corrected chi connectivity index (χ4v) is 0.963. The molecular formula is C8H15N3O. The van der Waals surface area contributed by atoms with Crippen molar-refractivity contribution in [1.82, 2.24) is 9.78 Å². The monoisotopic (exact) mass is 169 g/mol. The molecule has 12 heavy (non-hydrogen) atoms. The molecule has 1 atom stereocenters. The number of ether oxygens (including phenoxy) is 1. The van der Waals surface area contributed by atoms with Crippen molar-refractivity contribution < 1.29 is 4.74 Å². The van der Waals surface area contributed by atoms with Crippen molar-refractivity contribution in [3.8, 4) is 0 Å². The zero-order valence-electron chi connectivity index (χ0n) is 7.74. The summed E-state index contributed by atoms with van der Waals surface area (Å²) in [6.45, 7) is 4.70. The van der Waals surface area contributed by atoms with Crippen molar-refractivity contribution in [2.45, 2.75) is 26.5 Å². The van der Waals surface area contributed by atoms with Gasteiger partial charge in [0.2, 0.25) is 0 Å². The predicted octanol–water partition coefficient (Wildman–Crippen LogP) is 0.809. The van der Waals surface area contributed by atoms with Gasteiger partial charge in [-0.2, -0.15) is 5.10 Å². The highest BCUT2D eigenvalue weighted by molar-refractivity contribution is 5.39. The van der Waals surface area contributed by atoms with E-state index in [1.165, 1.54) is 0 Å². The minimum Gasteiger partial charge on any atom is -0.396 e. The lowest BCUT2D eigenvalue weighted by Gasteiger charge is -2.10. The molecule has 4 nitrogen and oxygen atoms in total. The highest BCUT2D eigenvalue weighted by atomic mass is 16.5. The van der Waals surface area contributed by atoms with Gasteiger partial charge < -0.3 is 10.5 Å². The molecule has 0 saturated carbocycles. The first-order valence-electron chi connectivity index (χ1n) is 3.95. The van der Waals surface area contributed by atoms with Crippen LogP contribution in [-0.2, 0) is 11.3 Å². The van der Waals surface area contributed by atoms with E-state index >= 15 is 0 Å². The summed E-state index contributed by atoms with van der Waals surface area (Å²) in [6.07, 6.45) is 1.83. The lowest BCUT2D eigenvalue weighted by molar-refractivity contribution is 0.0992. The molecule has 0 aliphatic heterocycles. The van der Waals surface area contributed by atoms with Crippen LogP contribution in [0.3, 0.4) is 0 Å². The van der Waals surface area contributed by atoms with Crippen LogP contribution in [0.2, 0.25) is 0 Å². The zero-order valence-corrected chi connectivity index (χ0v) is 7.74. The number of methoxy groups -OCH3 is 1. The molecule has 0 aliphatic carbocycles. The molecule has 0 spiro atoms. The van der Waals surface area contributed by atoms with Crippen molar-refractivity contribution in [3.63, 3.8) is 0 Å². The lowest BCUT2D eigenvalue weighted by atomic mass is 10.3. The molecule has 0 aromatic carbocycles. The summed E-state index contributed by atoms with van der Waals surface area (Å²) < 4.78 is 6.97. The van der Waals surface area contributed by atoms with Gasteiger partial charge in [0.1, 0.15) is 0 Å². The summed E-state index contributed by atoms with van der Waals surface area (Å²) in [5.41, 5.74) is 7.37. The number of nitrogen functional groups attached to an aromatic ring is 1. The smallest absolute Gasteiger partial charge is 0.0739 e. The molecule has 0 aliphatic rings. The number of rotatable bonds is 3. The number of hydrogen-bond acceptors (Lipinski definition) is 3. The van der Waals surface area contributed by atoms with Crippen LogP contribution < -0.4 is 5.73 Å². The van der Waals surface area contributed by atoms with E-state index in [0.717, 1.165) is 17.9 Å². The fraction of sp³-hybridized carbons (Fsp3) is 0.625. The molecule has 2 N–H and O–H groups in total. The highest BCUT2D eigenvalue weighted by Gasteiger charge is 2.06. The molecule has 0 saturated heterocycles. The number of anilines is 1. The first-order valence-corrected chi connectivity index (χ1v) is 3.95. The van der Waals surface area contributed by atoms with Crippen LogP contribution >= 0.6 is 0 Å². The topological polar surface area (TPSA) is 53.1 Å². The summed E-state index contributed by atoms with van der Waals surface area (Å²) in [6, 6.07) is 0. The van der Waals surface area contributed by atoms with E-state index in [-0.39, 0.29) is 6.10 Å². The van der Waals surface area contributed by atoms with Crippen molar-refractivity contribution in [2.75, 3.05) is 12.8 Å². The molecule has 4 heteroatoms. The normalized spacial score (nSPS) is 13.2. The summed E-state index contributed by atoms with van der Waals surface area (Å²) in [5.74, 6) is 0. The second kappa shape index (κ2) is 3.58. The van der Waals surface area contributed by atoms with Gasteiger partial charge in [0.05, 0.1) is 30.2 Å². The van der Waals surface area contributed by atoms with E-state index in [0.29, 0.717) is 0 Å². The van der Waals surface area contributed by atoms with Crippen molar-refractivity contribution in [2.24, 2.45) is 0 Å². The number of nitrogens with zero attached hydrogens (tertiary/aromatic N) is 2. The van der Waals surface area contributed by atoms with Gasteiger partial charge in [0.15, 0.2) is 0 Å². The zero-order chi connectivity index (χ0) is 9.14. The molecule has 1 aromatic rings. The maximum absolute atomic E-state index is 5.63. The molecule has 0 radical (unpaired) electrons. The van der Waals surface area contributed by atoms with Gasteiger partial charge in [-0.3, -0.25) is 4.68 Å². The van der Waals surface area contributed by atoms with Gasteiger partial charge in [-0.25, -0.2) is 0 Å². The molecule has 1 heterocycles. The number of aromatic nitrogens is 2. The van der Waals surface area contributed by atoms with Gasteiger partial charge >= 0.3 is 0 Å². The Kier molecular flexibility index (Phi) is 2.70. The molecule has 1 rings (SSSR count). The molecule has 1 aromatic heterocycles. The molecular weight excluding hydrogens is 154 g/mol. The van der Waals surface area contributed by atoms with Crippen LogP contribution in [0.25, 0.3) is 0 Å². The van der Waals surface area contributed by atoms with E-state index in [9.17, 15) is 0 Å². The Labute approximate surface area is 72.3 Å². The standard InChI is InChI=1S/C8H15N3O/c1-6(12-3)5-11-7(2)8(9)4-10-11/h4,6H,5,9H2,1-3H3/t6-/m0/s1. The lowest BCUT2D eigenvalue weighted by Crippen LogP contribution is -2.16. The number of hydrogen-bond donors (Lipinski definition) is 1. The van der Waals surface area contributed by atoms with Crippen LogP contribution in [0, 0.1) is 6.92 Å². The van der Waals surface area contributed by atoms with E-state index < -0.39 is 0 Å². The van der Waals surface area contributed by atoms with Crippen molar-refractivity contribution in [3.05, 3.63) is 11.9 Å². The average molecular weight is 169 g/mol. The first-order chi connectivity index (χ1) is 5.65. The average Bonchev–Trinajstić information content (AvgIpc) is 2.36. The van der Waals surface area contributed by atoms with Gasteiger partial charge in [-0.15, -0.1) is 0 Å².